The summed E-state index contributed by atoms with van der Waals surface area (Å²) in [5.74, 6) is 0.588. The first-order chi connectivity index (χ1) is 7.00. The Morgan fingerprint density at radius 3 is 2.33 bits per heavy atom. The Morgan fingerprint density at radius 1 is 1.33 bits per heavy atom. The molecule has 1 heterocycles. The molecular formula is C9H13IN4O. The van der Waals surface area contributed by atoms with Crippen LogP contribution in [-0.2, 0) is 4.79 Å². The molecular weight excluding hydrogens is 307 g/mol. The van der Waals surface area contributed by atoms with E-state index in [0.717, 1.165) is 3.57 Å². The van der Waals surface area contributed by atoms with E-state index in [2.05, 4.69) is 32.6 Å². The fourth-order valence-corrected chi connectivity index (χ4v) is 1.20. The third-order valence-electron chi connectivity index (χ3n) is 1.82. The first-order valence-electron chi connectivity index (χ1n) is 4.39. The number of hydrogen-bond donors (Lipinski definition) is 0. The number of amides is 1. The molecule has 82 valence electrons. The first-order valence-corrected chi connectivity index (χ1v) is 5.47. The summed E-state index contributed by atoms with van der Waals surface area (Å²) in [5, 5.41) is 0. The van der Waals surface area contributed by atoms with Crippen molar-refractivity contribution in [3.8, 4) is 0 Å². The van der Waals surface area contributed by atoms with E-state index in [1.807, 2.05) is 0 Å². The van der Waals surface area contributed by atoms with Gasteiger partial charge in [-0.1, -0.05) is 0 Å². The van der Waals surface area contributed by atoms with E-state index < -0.39 is 0 Å². The van der Waals surface area contributed by atoms with Gasteiger partial charge in [-0.2, -0.15) is 0 Å². The molecule has 0 unspecified atom stereocenters. The molecule has 0 N–H and O–H groups in total. The Bertz CT molecular complexity index is 338. The van der Waals surface area contributed by atoms with Crippen LogP contribution in [0.1, 0.15) is 0 Å². The van der Waals surface area contributed by atoms with Crippen LogP contribution in [0.3, 0.4) is 0 Å². The maximum atomic E-state index is 11.4. The van der Waals surface area contributed by atoms with Crippen LogP contribution in [0, 0.1) is 3.57 Å². The molecule has 0 aliphatic carbocycles. The standard InChI is InChI=1S/C9H13IN4O/c1-13(2)8(15)6-14(3)9-11-4-7(10)5-12-9/h4-5H,6H2,1-3H3. The van der Waals surface area contributed by atoms with Gasteiger partial charge < -0.3 is 9.80 Å². The second-order valence-corrected chi connectivity index (χ2v) is 4.59. The van der Waals surface area contributed by atoms with E-state index in [-0.39, 0.29) is 12.5 Å². The third-order valence-corrected chi connectivity index (χ3v) is 2.38. The monoisotopic (exact) mass is 320 g/mol. The Hall–Kier alpha value is -0.920. The van der Waals surface area contributed by atoms with E-state index in [1.165, 1.54) is 0 Å². The number of carbonyl (C=O) groups is 1. The average Bonchev–Trinajstić information content (AvgIpc) is 2.18. The average molecular weight is 320 g/mol. The summed E-state index contributed by atoms with van der Waals surface area (Å²) in [6, 6.07) is 0. The van der Waals surface area contributed by atoms with Gasteiger partial charge in [0.1, 0.15) is 0 Å². The molecule has 5 nitrogen and oxygen atoms in total. The zero-order chi connectivity index (χ0) is 11.4. The van der Waals surface area contributed by atoms with E-state index in [9.17, 15) is 4.79 Å². The minimum atomic E-state index is 0.0275. The van der Waals surface area contributed by atoms with Crippen LogP contribution >= 0.6 is 22.6 Å². The number of halogens is 1. The Labute approximate surface area is 103 Å². The van der Waals surface area contributed by atoms with Crippen LogP contribution in [0.15, 0.2) is 12.4 Å². The number of nitrogens with zero attached hydrogens (tertiary/aromatic N) is 4. The zero-order valence-corrected chi connectivity index (χ0v) is 11.1. The molecule has 0 saturated heterocycles. The summed E-state index contributed by atoms with van der Waals surface area (Å²) < 4.78 is 0.976. The minimum absolute atomic E-state index is 0.0275. The Balaban J connectivity index is 2.65. The van der Waals surface area contributed by atoms with Crippen molar-refractivity contribution in [1.82, 2.24) is 14.9 Å². The van der Waals surface area contributed by atoms with Gasteiger partial charge in [0.15, 0.2) is 0 Å². The summed E-state index contributed by atoms with van der Waals surface area (Å²) in [6.07, 6.45) is 3.44. The molecule has 1 rings (SSSR count). The molecule has 0 atom stereocenters. The lowest BCUT2D eigenvalue weighted by Crippen LogP contribution is -2.35. The van der Waals surface area contributed by atoms with Gasteiger partial charge in [0, 0.05) is 37.1 Å². The summed E-state index contributed by atoms with van der Waals surface area (Å²) in [7, 11) is 5.25. The van der Waals surface area contributed by atoms with Crippen molar-refractivity contribution in [2.24, 2.45) is 0 Å². The second-order valence-electron chi connectivity index (χ2n) is 3.35. The van der Waals surface area contributed by atoms with Crippen LogP contribution in [0.25, 0.3) is 0 Å². The van der Waals surface area contributed by atoms with Crippen LogP contribution in [0.5, 0.6) is 0 Å². The summed E-state index contributed by atoms with van der Waals surface area (Å²) in [5.41, 5.74) is 0. The minimum Gasteiger partial charge on any atom is -0.347 e. The number of likely N-dealkylation sites (N-methyl/N-ethyl adjacent to an activating group) is 2. The zero-order valence-electron chi connectivity index (χ0n) is 8.94. The second kappa shape index (κ2) is 5.24. The predicted molar refractivity (Wildman–Crippen MR) is 66.7 cm³/mol. The van der Waals surface area contributed by atoms with Gasteiger partial charge in [0.05, 0.1) is 6.54 Å². The highest BCUT2D eigenvalue weighted by Gasteiger charge is 2.10. The fraction of sp³-hybridized carbons (Fsp3) is 0.444. The molecule has 0 aromatic carbocycles. The summed E-state index contributed by atoms with van der Waals surface area (Å²) in [6.45, 7) is 0.285. The lowest BCUT2D eigenvalue weighted by Gasteiger charge is -2.18. The van der Waals surface area contributed by atoms with E-state index >= 15 is 0 Å². The molecule has 0 fully saturated rings. The molecule has 1 amide bonds. The normalized spacial score (nSPS) is 9.87. The van der Waals surface area contributed by atoms with Gasteiger partial charge in [0.2, 0.25) is 11.9 Å². The fourth-order valence-electron chi connectivity index (χ4n) is 0.918. The molecule has 0 saturated carbocycles. The lowest BCUT2D eigenvalue weighted by molar-refractivity contribution is -0.127. The van der Waals surface area contributed by atoms with Crippen molar-refractivity contribution < 1.29 is 4.79 Å². The van der Waals surface area contributed by atoms with Crippen molar-refractivity contribution >= 4 is 34.4 Å². The van der Waals surface area contributed by atoms with Gasteiger partial charge in [0.25, 0.3) is 0 Å². The predicted octanol–water partition coefficient (Wildman–Crippen LogP) is 0.606. The highest BCUT2D eigenvalue weighted by Crippen LogP contribution is 2.06. The molecule has 0 aliphatic rings. The van der Waals surface area contributed by atoms with Crippen LogP contribution in [-0.4, -0.2) is 48.5 Å². The van der Waals surface area contributed by atoms with E-state index in [0.29, 0.717) is 5.95 Å². The van der Waals surface area contributed by atoms with Crippen LogP contribution in [0.4, 0.5) is 5.95 Å². The summed E-state index contributed by atoms with van der Waals surface area (Å²) in [4.78, 5) is 22.9. The molecule has 6 heteroatoms. The van der Waals surface area contributed by atoms with E-state index in [4.69, 9.17) is 0 Å². The van der Waals surface area contributed by atoms with Gasteiger partial charge in [-0.15, -0.1) is 0 Å². The van der Waals surface area contributed by atoms with Gasteiger partial charge in [-0.25, -0.2) is 9.97 Å². The highest BCUT2D eigenvalue weighted by atomic mass is 127. The molecule has 0 aliphatic heterocycles. The topological polar surface area (TPSA) is 49.3 Å². The Kier molecular flexibility index (Phi) is 4.25. The number of carbonyl (C=O) groups excluding carboxylic acids is 1. The molecule has 0 radical (unpaired) electrons. The highest BCUT2D eigenvalue weighted by molar-refractivity contribution is 14.1. The third kappa shape index (κ3) is 3.61. The molecule has 0 spiro atoms. The number of anilines is 1. The Morgan fingerprint density at radius 2 is 1.87 bits per heavy atom. The maximum absolute atomic E-state index is 11.4. The number of hydrogen-bond acceptors (Lipinski definition) is 4. The van der Waals surface area contributed by atoms with Crippen molar-refractivity contribution in [3.05, 3.63) is 16.0 Å². The van der Waals surface area contributed by atoms with Crippen LogP contribution < -0.4 is 4.90 Å². The van der Waals surface area contributed by atoms with Gasteiger partial charge >= 0.3 is 0 Å². The van der Waals surface area contributed by atoms with Gasteiger partial charge in [-0.3, -0.25) is 4.79 Å². The first kappa shape index (κ1) is 12.2. The number of rotatable bonds is 3. The SMILES string of the molecule is CN(C)C(=O)CN(C)c1ncc(I)cn1. The smallest absolute Gasteiger partial charge is 0.241 e. The van der Waals surface area contributed by atoms with Crippen LogP contribution in [0.2, 0.25) is 0 Å². The quantitative estimate of drug-likeness (QED) is 0.766. The summed E-state index contributed by atoms with van der Waals surface area (Å²) >= 11 is 2.14. The van der Waals surface area contributed by atoms with E-state index in [1.54, 1.807) is 43.3 Å². The number of aromatic nitrogens is 2. The largest absolute Gasteiger partial charge is 0.347 e. The lowest BCUT2D eigenvalue weighted by atomic mass is 10.5. The molecule has 15 heavy (non-hydrogen) atoms. The van der Waals surface area contributed by atoms with Crippen molar-refractivity contribution in [2.75, 3.05) is 32.6 Å². The molecule has 0 bridgehead atoms. The molecule has 1 aromatic rings. The van der Waals surface area contributed by atoms with Gasteiger partial charge in [-0.05, 0) is 22.6 Å². The maximum Gasteiger partial charge on any atom is 0.241 e. The molecule has 1 aromatic heterocycles. The van der Waals surface area contributed by atoms with Crippen molar-refractivity contribution in [2.45, 2.75) is 0 Å². The van der Waals surface area contributed by atoms with Crippen molar-refractivity contribution in [1.29, 1.82) is 0 Å². The van der Waals surface area contributed by atoms with Crippen molar-refractivity contribution in [3.63, 3.8) is 0 Å².